The van der Waals surface area contributed by atoms with Gasteiger partial charge < -0.3 is 15.5 Å². The highest BCUT2D eigenvalue weighted by Crippen LogP contribution is 2.26. The Bertz CT molecular complexity index is 687. The Morgan fingerprint density at radius 2 is 2.00 bits per heavy atom. The third kappa shape index (κ3) is 4.84. The van der Waals surface area contributed by atoms with Gasteiger partial charge in [0.25, 0.3) is 5.91 Å². The molecule has 0 aromatic heterocycles. The van der Waals surface area contributed by atoms with Crippen LogP contribution in [0.3, 0.4) is 0 Å². The number of hydrogen-bond acceptors (Lipinski definition) is 3. The van der Waals surface area contributed by atoms with Crippen LogP contribution in [0.15, 0.2) is 18.2 Å². The summed E-state index contributed by atoms with van der Waals surface area (Å²) in [6.07, 6.45) is 1.92. The van der Waals surface area contributed by atoms with E-state index in [1.54, 1.807) is 18.0 Å². The minimum atomic E-state index is -0.202. The van der Waals surface area contributed by atoms with Gasteiger partial charge in [0.15, 0.2) is 0 Å². The van der Waals surface area contributed by atoms with Crippen molar-refractivity contribution in [2.75, 3.05) is 25.5 Å². The molecule has 1 aromatic rings. The number of aryl methyl sites for hydroxylation is 1. The molecule has 142 valence electrons. The van der Waals surface area contributed by atoms with Crippen LogP contribution in [0.5, 0.6) is 0 Å². The fraction of sp³-hybridized carbons (Fsp3) is 0.550. The van der Waals surface area contributed by atoms with Crippen molar-refractivity contribution in [3.05, 3.63) is 29.3 Å². The standard InChI is InChI=1S/C20H29N3O3/c1-5-14(3)20(26)23(4)12-13(2)11-21-19(25)16-8-6-7-15-9-10-17(24)22-18(15)16/h6-8,13-14H,5,9-12H2,1-4H3,(H,21,25)(H,22,24). The molecule has 1 aromatic carbocycles. The predicted molar refractivity (Wildman–Crippen MR) is 102 cm³/mol. The molecule has 3 amide bonds. The van der Waals surface area contributed by atoms with Crippen LogP contribution in [-0.4, -0.2) is 42.8 Å². The number of benzene rings is 1. The fourth-order valence-corrected chi connectivity index (χ4v) is 3.13. The SMILES string of the molecule is CCC(C)C(=O)N(C)CC(C)CNC(=O)c1cccc2c1NC(=O)CC2. The molecule has 0 spiro atoms. The van der Waals surface area contributed by atoms with Crippen molar-refractivity contribution in [3.8, 4) is 0 Å². The van der Waals surface area contributed by atoms with E-state index < -0.39 is 0 Å². The number of para-hydroxylation sites is 1. The zero-order valence-corrected chi connectivity index (χ0v) is 16.1. The highest BCUT2D eigenvalue weighted by molar-refractivity contribution is 6.05. The first kappa shape index (κ1) is 19.9. The maximum atomic E-state index is 12.6. The monoisotopic (exact) mass is 359 g/mol. The van der Waals surface area contributed by atoms with Crippen molar-refractivity contribution < 1.29 is 14.4 Å². The highest BCUT2D eigenvalue weighted by Gasteiger charge is 2.22. The van der Waals surface area contributed by atoms with Gasteiger partial charge in [0.1, 0.15) is 0 Å². The Hall–Kier alpha value is -2.37. The number of rotatable bonds is 7. The Balaban J connectivity index is 1.93. The molecular formula is C20H29N3O3. The topological polar surface area (TPSA) is 78.5 Å². The average molecular weight is 359 g/mol. The number of anilines is 1. The fourth-order valence-electron chi connectivity index (χ4n) is 3.13. The molecule has 2 unspecified atom stereocenters. The summed E-state index contributed by atoms with van der Waals surface area (Å²) in [6, 6.07) is 5.50. The van der Waals surface area contributed by atoms with Crippen LogP contribution in [0.1, 0.15) is 49.5 Å². The molecule has 0 saturated heterocycles. The molecule has 0 bridgehead atoms. The van der Waals surface area contributed by atoms with Gasteiger partial charge in [0.2, 0.25) is 11.8 Å². The van der Waals surface area contributed by atoms with Gasteiger partial charge in [-0.2, -0.15) is 0 Å². The first-order valence-corrected chi connectivity index (χ1v) is 9.28. The van der Waals surface area contributed by atoms with Crippen LogP contribution in [0.4, 0.5) is 5.69 Å². The van der Waals surface area contributed by atoms with E-state index in [0.29, 0.717) is 37.2 Å². The summed E-state index contributed by atoms with van der Waals surface area (Å²) in [7, 11) is 1.80. The lowest BCUT2D eigenvalue weighted by atomic mass is 9.98. The molecule has 1 aliphatic rings. The van der Waals surface area contributed by atoms with E-state index in [-0.39, 0.29) is 29.6 Å². The number of nitrogens with one attached hydrogen (secondary N) is 2. The van der Waals surface area contributed by atoms with Gasteiger partial charge in [0.05, 0.1) is 11.3 Å². The molecule has 1 heterocycles. The molecular weight excluding hydrogens is 330 g/mol. The molecule has 6 nitrogen and oxygen atoms in total. The summed E-state index contributed by atoms with van der Waals surface area (Å²) in [5, 5.41) is 5.73. The van der Waals surface area contributed by atoms with E-state index >= 15 is 0 Å². The Labute approximate surface area is 155 Å². The Morgan fingerprint density at radius 1 is 1.27 bits per heavy atom. The van der Waals surface area contributed by atoms with E-state index in [1.165, 1.54) is 0 Å². The lowest BCUT2D eigenvalue weighted by Crippen LogP contribution is -2.38. The number of carbonyl (C=O) groups excluding carboxylic acids is 3. The van der Waals surface area contributed by atoms with Crippen molar-refractivity contribution in [2.24, 2.45) is 11.8 Å². The lowest BCUT2D eigenvalue weighted by molar-refractivity contribution is -0.134. The zero-order chi connectivity index (χ0) is 19.3. The van der Waals surface area contributed by atoms with Crippen molar-refractivity contribution in [1.82, 2.24) is 10.2 Å². The Kier molecular flexibility index (Phi) is 6.77. The van der Waals surface area contributed by atoms with Crippen molar-refractivity contribution in [1.29, 1.82) is 0 Å². The smallest absolute Gasteiger partial charge is 0.253 e. The van der Waals surface area contributed by atoms with E-state index in [1.807, 2.05) is 32.9 Å². The molecule has 0 aliphatic carbocycles. The lowest BCUT2D eigenvalue weighted by Gasteiger charge is -2.25. The number of fused-ring (bicyclic) bond motifs is 1. The zero-order valence-electron chi connectivity index (χ0n) is 16.1. The molecule has 2 rings (SSSR count). The van der Waals surface area contributed by atoms with Gasteiger partial charge in [-0.05, 0) is 30.4 Å². The molecule has 2 N–H and O–H groups in total. The van der Waals surface area contributed by atoms with E-state index in [2.05, 4.69) is 10.6 Å². The van der Waals surface area contributed by atoms with Crippen LogP contribution in [0, 0.1) is 11.8 Å². The van der Waals surface area contributed by atoms with E-state index in [9.17, 15) is 14.4 Å². The van der Waals surface area contributed by atoms with Gasteiger partial charge >= 0.3 is 0 Å². The summed E-state index contributed by atoms with van der Waals surface area (Å²) >= 11 is 0. The van der Waals surface area contributed by atoms with Crippen molar-refractivity contribution >= 4 is 23.4 Å². The quantitative estimate of drug-likeness (QED) is 0.785. The third-order valence-corrected chi connectivity index (χ3v) is 4.89. The molecule has 6 heteroatoms. The second kappa shape index (κ2) is 8.83. The molecule has 0 fully saturated rings. The van der Waals surface area contributed by atoms with Gasteiger partial charge in [-0.1, -0.05) is 32.9 Å². The van der Waals surface area contributed by atoms with Crippen molar-refractivity contribution in [2.45, 2.75) is 40.0 Å². The van der Waals surface area contributed by atoms with Crippen LogP contribution < -0.4 is 10.6 Å². The van der Waals surface area contributed by atoms with Crippen molar-refractivity contribution in [3.63, 3.8) is 0 Å². The van der Waals surface area contributed by atoms with E-state index in [0.717, 1.165) is 12.0 Å². The molecule has 2 atom stereocenters. The summed E-state index contributed by atoms with van der Waals surface area (Å²) in [5.74, 6) is 0.0148. The van der Waals surface area contributed by atoms with Crippen LogP contribution >= 0.6 is 0 Å². The van der Waals surface area contributed by atoms with Crippen LogP contribution in [0.25, 0.3) is 0 Å². The second-order valence-corrected chi connectivity index (χ2v) is 7.23. The minimum Gasteiger partial charge on any atom is -0.352 e. The third-order valence-electron chi connectivity index (χ3n) is 4.89. The van der Waals surface area contributed by atoms with Gasteiger partial charge in [-0.3, -0.25) is 14.4 Å². The molecule has 26 heavy (non-hydrogen) atoms. The summed E-state index contributed by atoms with van der Waals surface area (Å²) in [4.78, 5) is 38.1. The molecule has 0 saturated carbocycles. The number of amides is 3. The first-order valence-electron chi connectivity index (χ1n) is 9.28. The molecule has 0 radical (unpaired) electrons. The summed E-state index contributed by atoms with van der Waals surface area (Å²) in [6.45, 7) is 6.99. The van der Waals surface area contributed by atoms with Crippen LogP contribution in [-0.2, 0) is 16.0 Å². The number of carbonyl (C=O) groups is 3. The van der Waals surface area contributed by atoms with E-state index in [4.69, 9.17) is 0 Å². The predicted octanol–water partition coefficient (Wildman–Crippen LogP) is 2.44. The number of hydrogen-bond donors (Lipinski definition) is 2. The summed E-state index contributed by atoms with van der Waals surface area (Å²) in [5.41, 5.74) is 2.11. The van der Waals surface area contributed by atoms with Gasteiger partial charge in [0, 0.05) is 32.5 Å². The normalized spacial score (nSPS) is 15.5. The highest BCUT2D eigenvalue weighted by atomic mass is 16.2. The minimum absolute atomic E-state index is 0.0150. The van der Waals surface area contributed by atoms with Crippen LogP contribution in [0.2, 0.25) is 0 Å². The first-order chi connectivity index (χ1) is 12.3. The largest absolute Gasteiger partial charge is 0.352 e. The second-order valence-electron chi connectivity index (χ2n) is 7.23. The van der Waals surface area contributed by atoms with Gasteiger partial charge in [-0.15, -0.1) is 0 Å². The maximum absolute atomic E-state index is 12.6. The van der Waals surface area contributed by atoms with Gasteiger partial charge in [-0.25, -0.2) is 0 Å². The average Bonchev–Trinajstić information content (AvgIpc) is 2.64. The number of nitrogens with zero attached hydrogens (tertiary/aromatic N) is 1. The maximum Gasteiger partial charge on any atom is 0.253 e. The Morgan fingerprint density at radius 3 is 2.69 bits per heavy atom. The summed E-state index contributed by atoms with van der Waals surface area (Å²) < 4.78 is 0. The molecule has 1 aliphatic heterocycles.